The number of aromatic nitrogens is 3. The highest BCUT2D eigenvalue weighted by atomic mass is 16.5. The van der Waals surface area contributed by atoms with E-state index in [2.05, 4.69) is 24.6 Å². The molecule has 8 heteroatoms. The molecule has 1 aromatic heterocycles. The van der Waals surface area contributed by atoms with Crippen molar-refractivity contribution in [1.29, 1.82) is 0 Å². The maximum Gasteiger partial charge on any atom is 0.147 e. The summed E-state index contributed by atoms with van der Waals surface area (Å²) in [5, 5.41) is 19.3. The fourth-order valence-corrected chi connectivity index (χ4v) is 4.47. The second-order valence-electron chi connectivity index (χ2n) is 8.55. The van der Waals surface area contributed by atoms with Gasteiger partial charge >= 0.3 is 0 Å². The van der Waals surface area contributed by atoms with Crippen LogP contribution in [0, 0.1) is 0 Å². The minimum absolute atomic E-state index is 0.324. The fourth-order valence-electron chi connectivity index (χ4n) is 4.47. The van der Waals surface area contributed by atoms with Gasteiger partial charge in [0.2, 0.25) is 0 Å². The number of methoxy groups -OCH3 is 1. The Hall–Kier alpha value is -2.00. The van der Waals surface area contributed by atoms with Gasteiger partial charge in [0.05, 0.1) is 33.0 Å². The van der Waals surface area contributed by atoms with Crippen LogP contribution < -0.4 is 4.74 Å². The van der Waals surface area contributed by atoms with Crippen molar-refractivity contribution >= 4 is 0 Å². The fraction of sp³-hybridized carbons (Fsp3) is 0.652. The molecule has 3 heterocycles. The molecule has 0 bridgehead atoms. The molecule has 2 aliphatic rings. The lowest BCUT2D eigenvalue weighted by atomic mass is 10.2. The van der Waals surface area contributed by atoms with Crippen LogP contribution >= 0.6 is 0 Å². The number of β-amino-alcohol motifs (C(OH)–C–C–N with tert-alkyl or cyclic N) is 1. The molecule has 0 radical (unpaired) electrons. The zero-order valence-electron chi connectivity index (χ0n) is 18.6. The molecule has 1 fully saturated rings. The van der Waals surface area contributed by atoms with Gasteiger partial charge in [-0.1, -0.05) is 24.6 Å². The average Bonchev–Trinajstić information content (AvgIpc) is 3.01. The first-order chi connectivity index (χ1) is 15.2. The number of rotatable bonds is 9. The molecule has 0 saturated carbocycles. The smallest absolute Gasteiger partial charge is 0.147 e. The molecule has 2 aromatic rings. The SMILES string of the molecule is COc1ccccc1COC[C@@H](O)CN1CCN(Cc2nnc3n2CCCCC3)CC1. The number of para-hydroxylation sites is 1. The standard InChI is InChI=1S/C23H35N5O3/c1-30-21-8-5-4-7-19(21)17-31-18-20(29)15-26-11-13-27(14-12-26)16-23-25-24-22-9-3-2-6-10-28(22)23/h4-5,7-8,20,29H,2-3,6,9-18H2,1H3/t20-/m0/s1. The van der Waals surface area contributed by atoms with Crippen LogP contribution in [0.3, 0.4) is 0 Å². The summed E-state index contributed by atoms with van der Waals surface area (Å²) in [7, 11) is 1.66. The normalized spacial score (nSPS) is 19.0. The van der Waals surface area contributed by atoms with Gasteiger partial charge < -0.3 is 19.1 Å². The lowest BCUT2D eigenvalue weighted by molar-refractivity contribution is 0.000255. The van der Waals surface area contributed by atoms with Crippen LogP contribution in [-0.4, -0.2) is 82.2 Å². The summed E-state index contributed by atoms with van der Waals surface area (Å²) in [6.07, 6.45) is 4.29. The molecule has 31 heavy (non-hydrogen) atoms. The largest absolute Gasteiger partial charge is 0.496 e. The van der Waals surface area contributed by atoms with Crippen LogP contribution in [0.2, 0.25) is 0 Å². The van der Waals surface area contributed by atoms with E-state index >= 15 is 0 Å². The van der Waals surface area contributed by atoms with E-state index in [9.17, 15) is 5.11 Å². The molecular weight excluding hydrogens is 394 g/mol. The third-order valence-electron chi connectivity index (χ3n) is 6.25. The highest BCUT2D eigenvalue weighted by Gasteiger charge is 2.22. The van der Waals surface area contributed by atoms with E-state index < -0.39 is 6.10 Å². The van der Waals surface area contributed by atoms with Crippen molar-refractivity contribution in [3.63, 3.8) is 0 Å². The monoisotopic (exact) mass is 429 g/mol. The van der Waals surface area contributed by atoms with E-state index in [1.807, 2.05) is 24.3 Å². The number of nitrogens with zero attached hydrogens (tertiary/aromatic N) is 5. The average molecular weight is 430 g/mol. The summed E-state index contributed by atoms with van der Waals surface area (Å²) >= 11 is 0. The van der Waals surface area contributed by atoms with Crippen LogP contribution in [0.5, 0.6) is 5.75 Å². The number of benzene rings is 1. The van der Waals surface area contributed by atoms with Gasteiger partial charge in [-0.15, -0.1) is 10.2 Å². The van der Waals surface area contributed by atoms with Gasteiger partial charge in [-0.05, 0) is 18.9 Å². The van der Waals surface area contributed by atoms with Gasteiger partial charge in [-0.3, -0.25) is 9.80 Å². The molecule has 170 valence electrons. The topological polar surface area (TPSA) is 75.9 Å². The number of fused-ring (bicyclic) bond motifs is 1. The number of aryl methyl sites for hydroxylation is 1. The Bertz CT molecular complexity index is 819. The van der Waals surface area contributed by atoms with E-state index in [-0.39, 0.29) is 0 Å². The Morgan fingerprint density at radius 3 is 2.65 bits per heavy atom. The minimum atomic E-state index is -0.492. The maximum absolute atomic E-state index is 10.4. The number of hydrogen-bond donors (Lipinski definition) is 1. The molecule has 0 unspecified atom stereocenters. The number of ether oxygens (including phenoxy) is 2. The van der Waals surface area contributed by atoms with E-state index in [1.165, 1.54) is 19.3 Å². The molecule has 8 nitrogen and oxygen atoms in total. The van der Waals surface area contributed by atoms with Crippen molar-refractivity contribution in [3.05, 3.63) is 41.5 Å². The Kier molecular flexibility index (Phi) is 7.91. The third kappa shape index (κ3) is 6.04. The lowest BCUT2D eigenvalue weighted by Gasteiger charge is -2.35. The highest BCUT2D eigenvalue weighted by molar-refractivity contribution is 5.32. The first kappa shape index (κ1) is 22.2. The molecule has 0 aliphatic carbocycles. The number of hydrogen-bond acceptors (Lipinski definition) is 7. The molecule has 0 amide bonds. The Balaban J connectivity index is 1.17. The van der Waals surface area contributed by atoms with E-state index in [4.69, 9.17) is 9.47 Å². The number of piperazine rings is 1. The Morgan fingerprint density at radius 2 is 1.81 bits per heavy atom. The summed E-state index contributed by atoms with van der Waals surface area (Å²) in [4.78, 5) is 4.77. The van der Waals surface area contributed by atoms with Gasteiger partial charge in [0.25, 0.3) is 0 Å². The maximum atomic E-state index is 10.4. The van der Waals surface area contributed by atoms with Crippen molar-refractivity contribution < 1.29 is 14.6 Å². The third-order valence-corrected chi connectivity index (χ3v) is 6.25. The molecule has 1 N–H and O–H groups in total. The van der Waals surface area contributed by atoms with E-state index in [1.54, 1.807) is 7.11 Å². The van der Waals surface area contributed by atoms with Gasteiger partial charge in [0.1, 0.15) is 17.4 Å². The second-order valence-corrected chi connectivity index (χ2v) is 8.55. The van der Waals surface area contributed by atoms with Gasteiger partial charge in [-0.2, -0.15) is 0 Å². The van der Waals surface area contributed by atoms with E-state index in [0.29, 0.717) is 19.8 Å². The minimum Gasteiger partial charge on any atom is -0.496 e. The van der Waals surface area contributed by atoms with Crippen molar-refractivity contribution in [2.24, 2.45) is 0 Å². The second kappa shape index (κ2) is 11.0. The summed E-state index contributed by atoms with van der Waals surface area (Å²) in [5.74, 6) is 3.08. The van der Waals surface area contributed by atoms with Crippen LogP contribution in [0.1, 0.15) is 36.5 Å². The van der Waals surface area contributed by atoms with Crippen molar-refractivity contribution in [2.45, 2.75) is 51.5 Å². The predicted molar refractivity (Wildman–Crippen MR) is 118 cm³/mol. The molecular formula is C23H35N5O3. The van der Waals surface area contributed by atoms with Crippen LogP contribution in [0.25, 0.3) is 0 Å². The van der Waals surface area contributed by atoms with Crippen molar-refractivity contribution in [2.75, 3.05) is 46.4 Å². The van der Waals surface area contributed by atoms with Gasteiger partial charge in [-0.25, -0.2) is 0 Å². The van der Waals surface area contributed by atoms with Crippen molar-refractivity contribution in [3.8, 4) is 5.75 Å². The van der Waals surface area contributed by atoms with Crippen LogP contribution in [-0.2, 0) is 30.9 Å². The van der Waals surface area contributed by atoms with Crippen LogP contribution in [0.4, 0.5) is 0 Å². The van der Waals surface area contributed by atoms with Crippen LogP contribution in [0.15, 0.2) is 24.3 Å². The quantitative estimate of drug-likeness (QED) is 0.650. The summed E-state index contributed by atoms with van der Waals surface area (Å²) < 4.78 is 13.4. The first-order valence-corrected chi connectivity index (χ1v) is 11.5. The van der Waals surface area contributed by atoms with E-state index in [0.717, 1.165) is 68.7 Å². The summed E-state index contributed by atoms with van der Waals surface area (Å²) in [5.41, 5.74) is 0.997. The molecule has 1 saturated heterocycles. The zero-order chi connectivity index (χ0) is 21.5. The highest BCUT2D eigenvalue weighted by Crippen LogP contribution is 2.18. The molecule has 4 rings (SSSR count). The Morgan fingerprint density at radius 1 is 1.00 bits per heavy atom. The van der Waals surface area contributed by atoms with Gasteiger partial charge in [0.15, 0.2) is 0 Å². The lowest BCUT2D eigenvalue weighted by Crippen LogP contribution is -2.48. The molecule has 2 aliphatic heterocycles. The molecule has 1 atom stereocenters. The first-order valence-electron chi connectivity index (χ1n) is 11.5. The number of aliphatic hydroxyl groups excluding tert-OH is 1. The summed E-state index contributed by atoms with van der Waals surface area (Å²) in [6, 6.07) is 7.81. The Labute approximate surface area is 184 Å². The molecule has 0 spiro atoms. The predicted octanol–water partition coefficient (Wildman–Crippen LogP) is 1.71. The molecule has 1 aromatic carbocycles. The van der Waals surface area contributed by atoms with Gasteiger partial charge in [0, 0.05) is 51.3 Å². The number of aliphatic hydroxyl groups is 1. The summed E-state index contributed by atoms with van der Waals surface area (Å²) in [6.45, 7) is 7.19. The zero-order valence-corrected chi connectivity index (χ0v) is 18.6. The van der Waals surface area contributed by atoms with Crippen molar-refractivity contribution in [1.82, 2.24) is 24.6 Å².